The van der Waals surface area contributed by atoms with Gasteiger partial charge in [0.2, 0.25) is 0 Å². The van der Waals surface area contributed by atoms with Gasteiger partial charge in [-0.1, -0.05) is 18.2 Å². The maximum Gasteiger partial charge on any atom is 0.147 e. The fourth-order valence-electron chi connectivity index (χ4n) is 2.35. The molecule has 0 saturated heterocycles. The molecule has 0 aliphatic heterocycles. The Balaban J connectivity index is 1.87. The Bertz CT molecular complexity index is 846. The van der Waals surface area contributed by atoms with Crippen LogP contribution in [-0.2, 0) is 6.54 Å². The Morgan fingerprint density at radius 1 is 1.24 bits per heavy atom. The molecule has 0 unspecified atom stereocenters. The molecule has 1 N–H and O–H groups in total. The summed E-state index contributed by atoms with van der Waals surface area (Å²) in [6, 6.07) is 14.1. The van der Waals surface area contributed by atoms with Gasteiger partial charge in [0.15, 0.2) is 0 Å². The maximum atomic E-state index is 13.8. The van der Waals surface area contributed by atoms with Crippen LogP contribution in [0.25, 0.3) is 11.0 Å². The predicted octanol–water partition coefficient (Wildman–Crippen LogP) is 4.36. The van der Waals surface area contributed by atoms with E-state index in [-0.39, 0.29) is 0 Å². The molecule has 0 fully saturated rings. The van der Waals surface area contributed by atoms with Crippen molar-refractivity contribution in [2.24, 2.45) is 0 Å². The zero-order valence-corrected chi connectivity index (χ0v) is 11.5. The van der Waals surface area contributed by atoms with Crippen LogP contribution in [0.2, 0.25) is 0 Å². The van der Waals surface area contributed by atoms with E-state index in [0.717, 1.165) is 22.3 Å². The SMILES string of the molecule is Cc1oc2ccccc2c1CNc1ccc(C#N)cc1F. The second kappa shape index (κ2) is 5.29. The topological polar surface area (TPSA) is 49.0 Å². The molecule has 104 valence electrons. The van der Waals surface area contributed by atoms with Crippen LogP contribution >= 0.6 is 0 Å². The minimum atomic E-state index is -0.431. The third-order valence-electron chi connectivity index (χ3n) is 3.45. The van der Waals surface area contributed by atoms with Gasteiger partial charge >= 0.3 is 0 Å². The number of nitriles is 1. The van der Waals surface area contributed by atoms with E-state index in [1.165, 1.54) is 6.07 Å². The highest BCUT2D eigenvalue weighted by molar-refractivity contribution is 5.82. The predicted molar refractivity (Wildman–Crippen MR) is 79.4 cm³/mol. The van der Waals surface area contributed by atoms with Crippen molar-refractivity contribution in [2.75, 3.05) is 5.32 Å². The Labute approximate surface area is 121 Å². The molecule has 3 aromatic rings. The summed E-state index contributed by atoms with van der Waals surface area (Å²) in [5.41, 5.74) is 2.52. The van der Waals surface area contributed by atoms with E-state index in [4.69, 9.17) is 9.68 Å². The van der Waals surface area contributed by atoms with Crippen molar-refractivity contribution in [1.29, 1.82) is 5.26 Å². The highest BCUT2D eigenvalue weighted by atomic mass is 19.1. The van der Waals surface area contributed by atoms with Crippen molar-refractivity contribution < 1.29 is 8.81 Å². The standard InChI is InChI=1S/C17H13FN2O/c1-11-14(13-4-2-3-5-17(13)21-11)10-20-16-7-6-12(9-19)8-15(16)18/h2-8,20H,10H2,1H3. The van der Waals surface area contributed by atoms with Gasteiger partial charge in [0.05, 0.1) is 17.3 Å². The number of anilines is 1. The Hall–Kier alpha value is -2.80. The van der Waals surface area contributed by atoms with Gasteiger partial charge < -0.3 is 9.73 Å². The second-order valence-electron chi connectivity index (χ2n) is 4.79. The number of rotatable bonds is 3. The molecule has 0 aliphatic rings. The van der Waals surface area contributed by atoms with E-state index < -0.39 is 5.82 Å². The first-order valence-corrected chi connectivity index (χ1v) is 6.59. The summed E-state index contributed by atoms with van der Waals surface area (Å²) in [6.07, 6.45) is 0. The lowest BCUT2D eigenvalue weighted by Crippen LogP contribution is -2.02. The molecule has 0 saturated carbocycles. The van der Waals surface area contributed by atoms with Crippen LogP contribution in [0.15, 0.2) is 46.9 Å². The lowest BCUT2D eigenvalue weighted by molar-refractivity contribution is 0.572. The molecule has 3 rings (SSSR count). The molecule has 1 aromatic heterocycles. The number of halogens is 1. The number of furan rings is 1. The molecular formula is C17H13FN2O. The highest BCUT2D eigenvalue weighted by Crippen LogP contribution is 2.26. The van der Waals surface area contributed by atoms with Crippen LogP contribution < -0.4 is 5.32 Å². The molecule has 0 aliphatic carbocycles. The Kier molecular flexibility index (Phi) is 3.33. The number of nitrogens with one attached hydrogen (secondary N) is 1. The lowest BCUT2D eigenvalue weighted by atomic mass is 10.1. The molecule has 0 radical (unpaired) electrons. The minimum Gasteiger partial charge on any atom is -0.461 e. The number of hydrogen-bond donors (Lipinski definition) is 1. The normalized spacial score (nSPS) is 10.5. The van der Waals surface area contributed by atoms with Crippen LogP contribution in [0.3, 0.4) is 0 Å². The second-order valence-corrected chi connectivity index (χ2v) is 4.79. The van der Waals surface area contributed by atoms with E-state index in [2.05, 4.69) is 5.32 Å². The van der Waals surface area contributed by atoms with Crippen molar-refractivity contribution in [3.8, 4) is 6.07 Å². The molecule has 3 nitrogen and oxygen atoms in total. The van der Waals surface area contributed by atoms with Crippen LogP contribution in [0.5, 0.6) is 0 Å². The van der Waals surface area contributed by atoms with Crippen molar-refractivity contribution >= 4 is 16.7 Å². The van der Waals surface area contributed by atoms with Gasteiger partial charge in [0, 0.05) is 17.5 Å². The average Bonchev–Trinajstić information content (AvgIpc) is 2.81. The van der Waals surface area contributed by atoms with E-state index >= 15 is 0 Å². The first-order valence-electron chi connectivity index (χ1n) is 6.59. The van der Waals surface area contributed by atoms with E-state index in [0.29, 0.717) is 17.8 Å². The third-order valence-corrected chi connectivity index (χ3v) is 3.45. The van der Waals surface area contributed by atoms with Crippen molar-refractivity contribution in [3.05, 3.63) is 65.2 Å². The van der Waals surface area contributed by atoms with E-state index in [1.54, 1.807) is 12.1 Å². The maximum absolute atomic E-state index is 13.8. The molecule has 4 heteroatoms. The molecule has 21 heavy (non-hydrogen) atoms. The lowest BCUT2D eigenvalue weighted by Gasteiger charge is -2.07. The molecule has 1 heterocycles. The largest absolute Gasteiger partial charge is 0.461 e. The summed E-state index contributed by atoms with van der Waals surface area (Å²) in [4.78, 5) is 0. The van der Waals surface area contributed by atoms with Gasteiger partial charge in [0.1, 0.15) is 17.2 Å². The van der Waals surface area contributed by atoms with Crippen LogP contribution in [0.1, 0.15) is 16.9 Å². The Morgan fingerprint density at radius 2 is 2.05 bits per heavy atom. The van der Waals surface area contributed by atoms with E-state index in [9.17, 15) is 4.39 Å². The first-order chi connectivity index (χ1) is 10.2. The van der Waals surface area contributed by atoms with Crippen LogP contribution in [0.4, 0.5) is 10.1 Å². The van der Waals surface area contributed by atoms with Crippen LogP contribution in [0, 0.1) is 24.1 Å². The number of nitrogens with zero attached hydrogens (tertiary/aromatic N) is 1. The molecule has 0 spiro atoms. The van der Waals surface area contributed by atoms with Crippen molar-refractivity contribution in [2.45, 2.75) is 13.5 Å². The number of benzene rings is 2. The monoisotopic (exact) mass is 280 g/mol. The van der Waals surface area contributed by atoms with Crippen molar-refractivity contribution in [1.82, 2.24) is 0 Å². The van der Waals surface area contributed by atoms with Crippen LogP contribution in [-0.4, -0.2) is 0 Å². The van der Waals surface area contributed by atoms with Gasteiger partial charge in [-0.15, -0.1) is 0 Å². The van der Waals surface area contributed by atoms with Crippen molar-refractivity contribution in [3.63, 3.8) is 0 Å². The number of hydrogen-bond acceptors (Lipinski definition) is 3. The average molecular weight is 280 g/mol. The van der Waals surface area contributed by atoms with Gasteiger partial charge in [-0.05, 0) is 31.2 Å². The van der Waals surface area contributed by atoms with Gasteiger partial charge in [-0.2, -0.15) is 5.26 Å². The first kappa shape index (κ1) is 13.2. The summed E-state index contributed by atoms with van der Waals surface area (Å²) in [5.74, 6) is 0.386. The zero-order chi connectivity index (χ0) is 14.8. The summed E-state index contributed by atoms with van der Waals surface area (Å²) in [6.45, 7) is 2.36. The summed E-state index contributed by atoms with van der Waals surface area (Å²) in [5, 5.41) is 12.8. The molecule has 2 aromatic carbocycles. The fraction of sp³-hybridized carbons (Fsp3) is 0.118. The van der Waals surface area contributed by atoms with Gasteiger partial charge in [-0.3, -0.25) is 0 Å². The molecule has 0 bridgehead atoms. The smallest absolute Gasteiger partial charge is 0.147 e. The number of fused-ring (bicyclic) bond motifs is 1. The summed E-state index contributed by atoms with van der Waals surface area (Å²) in [7, 11) is 0. The number of aryl methyl sites for hydroxylation is 1. The molecular weight excluding hydrogens is 267 g/mol. The fourth-order valence-corrected chi connectivity index (χ4v) is 2.35. The summed E-state index contributed by atoms with van der Waals surface area (Å²) < 4.78 is 19.5. The quantitative estimate of drug-likeness (QED) is 0.775. The van der Waals surface area contributed by atoms with Gasteiger partial charge in [-0.25, -0.2) is 4.39 Å². The summed E-state index contributed by atoms with van der Waals surface area (Å²) >= 11 is 0. The molecule has 0 atom stereocenters. The third kappa shape index (κ3) is 2.46. The highest BCUT2D eigenvalue weighted by Gasteiger charge is 2.11. The van der Waals surface area contributed by atoms with E-state index in [1.807, 2.05) is 37.3 Å². The minimum absolute atomic E-state index is 0.308. The van der Waals surface area contributed by atoms with Gasteiger partial charge in [0.25, 0.3) is 0 Å². The molecule has 0 amide bonds. The number of para-hydroxylation sites is 1. The Morgan fingerprint density at radius 3 is 2.81 bits per heavy atom. The zero-order valence-electron chi connectivity index (χ0n) is 11.5.